The molecule has 1 unspecified atom stereocenters. The normalized spacial score (nSPS) is 19.0. The first-order valence-corrected chi connectivity index (χ1v) is 11.3. The zero-order valence-electron chi connectivity index (χ0n) is 17.7. The first-order valence-electron chi connectivity index (χ1n) is 10.5. The van der Waals surface area contributed by atoms with Gasteiger partial charge in [-0.2, -0.15) is 10.2 Å². The third-order valence-electron chi connectivity index (χ3n) is 6.37. The van der Waals surface area contributed by atoms with Crippen molar-refractivity contribution in [2.24, 2.45) is 0 Å². The Bertz CT molecular complexity index is 1210. The highest BCUT2D eigenvalue weighted by Crippen LogP contribution is 2.32. The zero-order valence-corrected chi connectivity index (χ0v) is 19.2. The Morgan fingerprint density at radius 3 is 2.75 bits per heavy atom. The molecule has 5 rings (SSSR count). The van der Waals surface area contributed by atoms with Crippen LogP contribution in [0.4, 0.5) is 0 Å². The van der Waals surface area contributed by atoms with E-state index in [0.717, 1.165) is 17.0 Å². The lowest BCUT2D eigenvalue weighted by Gasteiger charge is -2.35. The van der Waals surface area contributed by atoms with Crippen LogP contribution in [0.15, 0.2) is 30.5 Å². The van der Waals surface area contributed by atoms with Crippen LogP contribution in [-0.4, -0.2) is 54.2 Å². The Morgan fingerprint density at radius 1 is 1.22 bits per heavy atom. The standard InChI is InChI=1S/C22H22Cl2N6O2/c1-12-9-19-15(11-29(12)21(31)14-3-4-16(23)17(24)10-14)20-22(32)28(7-8-30(20)27-19)13(2)18-5-6-25-26-18/h3-6,10,12-13H,7-9,11H2,1-2H3,(H,25,26)/t12-,13?/m1/s1. The van der Waals surface area contributed by atoms with Gasteiger partial charge in [-0.25, -0.2) is 0 Å². The van der Waals surface area contributed by atoms with Crippen LogP contribution < -0.4 is 0 Å². The zero-order chi connectivity index (χ0) is 22.6. The van der Waals surface area contributed by atoms with Gasteiger partial charge in [-0.1, -0.05) is 23.2 Å². The van der Waals surface area contributed by atoms with Crippen molar-refractivity contribution in [3.63, 3.8) is 0 Å². The summed E-state index contributed by atoms with van der Waals surface area (Å²) in [6, 6.07) is 6.55. The number of carbonyl (C=O) groups is 2. The minimum Gasteiger partial charge on any atom is -0.331 e. The van der Waals surface area contributed by atoms with Gasteiger partial charge >= 0.3 is 0 Å². The first-order chi connectivity index (χ1) is 15.3. The van der Waals surface area contributed by atoms with E-state index in [4.69, 9.17) is 28.3 Å². The summed E-state index contributed by atoms with van der Waals surface area (Å²) >= 11 is 12.1. The van der Waals surface area contributed by atoms with Crippen LogP contribution in [0.2, 0.25) is 10.0 Å². The van der Waals surface area contributed by atoms with E-state index in [1.165, 1.54) is 0 Å². The molecule has 0 saturated carbocycles. The highest BCUT2D eigenvalue weighted by atomic mass is 35.5. The number of carbonyl (C=O) groups excluding carboxylic acids is 2. The molecule has 32 heavy (non-hydrogen) atoms. The molecule has 1 aromatic carbocycles. The van der Waals surface area contributed by atoms with Crippen LogP contribution in [0.25, 0.3) is 0 Å². The molecule has 1 N–H and O–H groups in total. The Kier molecular flexibility index (Phi) is 5.22. The van der Waals surface area contributed by atoms with E-state index < -0.39 is 0 Å². The van der Waals surface area contributed by atoms with Crippen molar-refractivity contribution in [1.82, 2.24) is 29.8 Å². The number of aromatic amines is 1. The minimum atomic E-state index is -0.146. The largest absolute Gasteiger partial charge is 0.331 e. The number of rotatable bonds is 3. The van der Waals surface area contributed by atoms with Crippen LogP contribution in [-0.2, 0) is 19.5 Å². The number of amides is 2. The van der Waals surface area contributed by atoms with E-state index in [9.17, 15) is 9.59 Å². The third kappa shape index (κ3) is 3.38. The van der Waals surface area contributed by atoms with Crippen LogP contribution in [0.1, 0.15) is 57.7 Å². The number of benzene rings is 1. The van der Waals surface area contributed by atoms with Gasteiger partial charge in [-0.05, 0) is 38.1 Å². The summed E-state index contributed by atoms with van der Waals surface area (Å²) in [7, 11) is 0. The van der Waals surface area contributed by atoms with Gasteiger partial charge in [0.25, 0.3) is 11.8 Å². The number of H-pyrrole nitrogens is 1. The molecular formula is C22H22Cl2N6O2. The number of fused-ring (bicyclic) bond motifs is 3. The third-order valence-corrected chi connectivity index (χ3v) is 7.11. The van der Waals surface area contributed by atoms with Crippen LogP contribution in [0, 0.1) is 0 Å². The number of hydrogen-bond acceptors (Lipinski definition) is 4. The summed E-state index contributed by atoms with van der Waals surface area (Å²) in [5.74, 6) is -0.226. The quantitative estimate of drug-likeness (QED) is 0.628. The highest BCUT2D eigenvalue weighted by molar-refractivity contribution is 6.42. The van der Waals surface area contributed by atoms with Crippen molar-refractivity contribution in [1.29, 1.82) is 0 Å². The molecule has 2 aromatic heterocycles. The summed E-state index contributed by atoms with van der Waals surface area (Å²) in [6.45, 7) is 5.47. The summed E-state index contributed by atoms with van der Waals surface area (Å²) < 4.78 is 1.79. The smallest absolute Gasteiger partial charge is 0.273 e. The van der Waals surface area contributed by atoms with Crippen molar-refractivity contribution in [2.75, 3.05) is 6.54 Å². The van der Waals surface area contributed by atoms with Gasteiger partial charge in [-0.15, -0.1) is 0 Å². The number of nitrogens with one attached hydrogen (secondary N) is 1. The Balaban J connectivity index is 1.46. The molecule has 10 heteroatoms. The molecule has 2 amide bonds. The lowest BCUT2D eigenvalue weighted by molar-refractivity contribution is 0.0602. The maximum absolute atomic E-state index is 13.5. The molecule has 0 spiro atoms. The molecule has 0 aliphatic carbocycles. The number of aromatic nitrogens is 4. The van der Waals surface area contributed by atoms with Crippen molar-refractivity contribution in [2.45, 2.75) is 45.4 Å². The average Bonchev–Trinajstić information content (AvgIpc) is 3.42. The SMILES string of the molecule is CC(c1ccn[nH]1)N1CCn2nc3c(c2C1=O)CN(C(=O)c1ccc(Cl)c(Cl)c1)[C@H](C)C3. The van der Waals surface area contributed by atoms with Crippen molar-refractivity contribution >= 4 is 35.0 Å². The molecule has 2 aliphatic rings. The lowest BCUT2D eigenvalue weighted by atomic mass is 9.97. The molecule has 0 radical (unpaired) electrons. The molecule has 166 valence electrons. The first kappa shape index (κ1) is 21.0. The minimum absolute atomic E-state index is 0.0588. The van der Waals surface area contributed by atoms with Crippen molar-refractivity contribution in [3.8, 4) is 0 Å². The topological polar surface area (TPSA) is 87.1 Å². The molecule has 3 aromatic rings. The summed E-state index contributed by atoms with van der Waals surface area (Å²) in [4.78, 5) is 30.4. The fraction of sp³-hybridized carbons (Fsp3) is 0.364. The number of nitrogens with zero attached hydrogens (tertiary/aromatic N) is 5. The molecule has 8 nitrogen and oxygen atoms in total. The molecule has 4 heterocycles. The predicted molar refractivity (Wildman–Crippen MR) is 120 cm³/mol. The van der Waals surface area contributed by atoms with E-state index in [1.807, 2.05) is 24.8 Å². The van der Waals surface area contributed by atoms with Gasteiger partial charge in [0.15, 0.2) is 0 Å². The maximum atomic E-state index is 13.5. The Labute approximate surface area is 195 Å². The second kappa shape index (κ2) is 7.94. The molecule has 2 aliphatic heterocycles. The maximum Gasteiger partial charge on any atom is 0.273 e. The van der Waals surface area contributed by atoms with Gasteiger partial charge in [-0.3, -0.25) is 19.4 Å². The highest BCUT2D eigenvalue weighted by Gasteiger charge is 2.38. The van der Waals surface area contributed by atoms with Crippen LogP contribution in [0.3, 0.4) is 0 Å². The van der Waals surface area contributed by atoms with E-state index in [-0.39, 0.29) is 23.9 Å². The fourth-order valence-electron chi connectivity index (χ4n) is 4.54. The molecule has 0 fully saturated rings. The lowest BCUT2D eigenvalue weighted by Crippen LogP contribution is -2.44. The predicted octanol–water partition coefficient (Wildman–Crippen LogP) is 3.72. The summed E-state index contributed by atoms with van der Waals surface area (Å²) in [6.07, 6.45) is 2.27. The van der Waals surface area contributed by atoms with Crippen LogP contribution in [0.5, 0.6) is 0 Å². The molecule has 0 saturated heterocycles. The summed E-state index contributed by atoms with van der Waals surface area (Å²) in [5.41, 5.74) is 3.62. The van der Waals surface area contributed by atoms with Gasteiger partial charge < -0.3 is 9.80 Å². The summed E-state index contributed by atoms with van der Waals surface area (Å²) in [5, 5.41) is 12.4. The Morgan fingerprint density at radius 2 is 2.03 bits per heavy atom. The van der Waals surface area contributed by atoms with E-state index in [0.29, 0.717) is 47.4 Å². The number of hydrogen-bond donors (Lipinski definition) is 1. The molecule has 2 atom stereocenters. The second-order valence-corrected chi connectivity index (χ2v) is 9.11. The monoisotopic (exact) mass is 472 g/mol. The van der Waals surface area contributed by atoms with Gasteiger partial charge in [0.1, 0.15) is 5.69 Å². The van der Waals surface area contributed by atoms with E-state index in [1.54, 1.807) is 34.0 Å². The molecular weight excluding hydrogens is 451 g/mol. The van der Waals surface area contributed by atoms with Gasteiger partial charge in [0.05, 0.1) is 40.6 Å². The second-order valence-electron chi connectivity index (χ2n) is 8.30. The Hall–Kier alpha value is -2.84. The molecule has 0 bridgehead atoms. The van der Waals surface area contributed by atoms with E-state index in [2.05, 4.69) is 10.2 Å². The fourth-order valence-corrected chi connectivity index (χ4v) is 4.84. The average molecular weight is 473 g/mol. The van der Waals surface area contributed by atoms with Crippen molar-refractivity contribution in [3.05, 3.63) is 68.7 Å². The van der Waals surface area contributed by atoms with Crippen molar-refractivity contribution < 1.29 is 9.59 Å². The van der Waals surface area contributed by atoms with Gasteiger partial charge in [0, 0.05) is 36.3 Å². The number of halogens is 2. The van der Waals surface area contributed by atoms with Crippen LogP contribution >= 0.6 is 23.2 Å². The van der Waals surface area contributed by atoms with E-state index >= 15 is 0 Å². The van der Waals surface area contributed by atoms with Gasteiger partial charge in [0.2, 0.25) is 0 Å².